The van der Waals surface area contributed by atoms with Gasteiger partial charge in [-0.1, -0.05) is 13.0 Å². The molecule has 194 valence electrons. The number of imidazole rings is 1. The minimum absolute atomic E-state index is 0.0372. The third-order valence-corrected chi connectivity index (χ3v) is 7.06. The number of fused-ring (bicyclic) bond motifs is 1. The highest BCUT2D eigenvalue weighted by atomic mass is 16.5. The van der Waals surface area contributed by atoms with Crippen LogP contribution in [0.15, 0.2) is 36.8 Å². The fourth-order valence-corrected chi connectivity index (χ4v) is 4.77. The van der Waals surface area contributed by atoms with Crippen molar-refractivity contribution in [1.82, 2.24) is 40.3 Å². The molecule has 4 aromatic rings. The third-order valence-electron chi connectivity index (χ3n) is 7.06. The molecule has 3 aromatic heterocycles. The third kappa shape index (κ3) is 5.27. The minimum atomic E-state index is -0.0372. The van der Waals surface area contributed by atoms with E-state index in [1.165, 1.54) is 11.1 Å². The average Bonchev–Trinajstić information content (AvgIpc) is 3.58. The Labute approximate surface area is 216 Å². The van der Waals surface area contributed by atoms with Crippen molar-refractivity contribution < 1.29 is 9.53 Å². The maximum atomic E-state index is 13.1. The van der Waals surface area contributed by atoms with Gasteiger partial charge in [-0.3, -0.25) is 19.8 Å². The first-order chi connectivity index (χ1) is 18.1. The molecule has 0 spiro atoms. The van der Waals surface area contributed by atoms with Gasteiger partial charge in [0.05, 0.1) is 18.3 Å². The van der Waals surface area contributed by atoms with Crippen molar-refractivity contribution in [2.24, 2.45) is 0 Å². The molecule has 0 atom stereocenters. The fourth-order valence-electron chi connectivity index (χ4n) is 4.77. The number of carbonyl (C=O) groups is 1. The van der Waals surface area contributed by atoms with E-state index in [2.05, 4.69) is 61.3 Å². The maximum Gasteiger partial charge on any atom is 0.272 e. The molecule has 1 aliphatic rings. The van der Waals surface area contributed by atoms with Crippen molar-refractivity contribution >= 4 is 16.8 Å². The van der Waals surface area contributed by atoms with Crippen molar-refractivity contribution in [3.8, 4) is 22.6 Å². The standard InChI is InChI=1S/C27H34N8O2/c1-4-28-14-20-15-29-16-22(18(20)2)19-5-6-23-21(13-19)25(33-32-23)26-30-17-24(31-26)27(36)35-9-7-34(8-10-35)11-12-37-3/h5-6,13,15-17,28H,4,7-12,14H2,1-3H3,(H,30,31)(H,32,33). The van der Waals surface area contributed by atoms with Gasteiger partial charge in [-0.15, -0.1) is 0 Å². The molecule has 5 rings (SSSR count). The molecule has 0 bridgehead atoms. The molecule has 37 heavy (non-hydrogen) atoms. The Balaban J connectivity index is 1.37. The Kier molecular flexibility index (Phi) is 7.59. The van der Waals surface area contributed by atoms with Gasteiger partial charge in [-0.05, 0) is 42.3 Å². The van der Waals surface area contributed by atoms with E-state index < -0.39 is 0 Å². The van der Waals surface area contributed by atoms with E-state index in [1.54, 1.807) is 13.3 Å². The summed E-state index contributed by atoms with van der Waals surface area (Å²) in [4.78, 5) is 29.5. The Morgan fingerprint density at radius 3 is 2.78 bits per heavy atom. The summed E-state index contributed by atoms with van der Waals surface area (Å²) in [6, 6.07) is 6.21. The van der Waals surface area contributed by atoms with Crippen LogP contribution in [-0.4, -0.2) is 93.8 Å². The molecule has 1 aromatic carbocycles. The lowest BCUT2D eigenvalue weighted by Gasteiger charge is -2.34. The van der Waals surface area contributed by atoms with Crippen molar-refractivity contribution in [2.45, 2.75) is 20.4 Å². The van der Waals surface area contributed by atoms with Gasteiger partial charge in [0, 0.05) is 69.7 Å². The largest absolute Gasteiger partial charge is 0.383 e. The van der Waals surface area contributed by atoms with Gasteiger partial charge < -0.3 is 19.9 Å². The molecule has 1 aliphatic heterocycles. The number of aromatic amines is 2. The van der Waals surface area contributed by atoms with Crippen LogP contribution in [0.5, 0.6) is 0 Å². The molecule has 0 radical (unpaired) electrons. The molecular formula is C27H34N8O2. The molecule has 10 nitrogen and oxygen atoms in total. The molecule has 10 heteroatoms. The topological polar surface area (TPSA) is 115 Å². The van der Waals surface area contributed by atoms with Crippen LogP contribution in [0.25, 0.3) is 33.5 Å². The van der Waals surface area contributed by atoms with E-state index in [1.807, 2.05) is 23.4 Å². The van der Waals surface area contributed by atoms with Crippen LogP contribution in [-0.2, 0) is 11.3 Å². The van der Waals surface area contributed by atoms with E-state index in [-0.39, 0.29) is 5.91 Å². The molecular weight excluding hydrogens is 468 g/mol. The number of hydrogen-bond acceptors (Lipinski definition) is 7. The van der Waals surface area contributed by atoms with Crippen LogP contribution >= 0.6 is 0 Å². The molecule has 0 saturated carbocycles. The van der Waals surface area contributed by atoms with Gasteiger partial charge in [-0.2, -0.15) is 5.10 Å². The van der Waals surface area contributed by atoms with E-state index in [0.717, 1.165) is 54.8 Å². The zero-order valence-electron chi connectivity index (χ0n) is 21.7. The Morgan fingerprint density at radius 2 is 2.00 bits per heavy atom. The van der Waals surface area contributed by atoms with Crippen LogP contribution < -0.4 is 5.32 Å². The summed E-state index contributed by atoms with van der Waals surface area (Å²) in [5, 5.41) is 11.9. The van der Waals surface area contributed by atoms with Crippen molar-refractivity contribution in [3.05, 3.63) is 53.6 Å². The maximum absolute atomic E-state index is 13.1. The number of pyridine rings is 1. The number of nitrogens with one attached hydrogen (secondary N) is 3. The summed E-state index contributed by atoms with van der Waals surface area (Å²) in [7, 11) is 1.71. The number of rotatable bonds is 9. The summed E-state index contributed by atoms with van der Waals surface area (Å²) >= 11 is 0. The lowest BCUT2D eigenvalue weighted by atomic mass is 9.98. The lowest BCUT2D eigenvalue weighted by Crippen LogP contribution is -2.49. The van der Waals surface area contributed by atoms with Crippen molar-refractivity contribution in [3.63, 3.8) is 0 Å². The number of benzene rings is 1. The monoisotopic (exact) mass is 502 g/mol. The first-order valence-electron chi connectivity index (χ1n) is 12.8. The summed E-state index contributed by atoms with van der Waals surface area (Å²) < 4.78 is 5.16. The highest BCUT2D eigenvalue weighted by Crippen LogP contribution is 2.31. The number of aromatic nitrogens is 5. The highest BCUT2D eigenvalue weighted by molar-refractivity contribution is 5.96. The SMILES string of the molecule is CCNCc1cncc(-c2ccc3[nH]nc(-c4ncc(C(=O)N5CCN(CCOC)CC5)[nH]4)c3c2)c1C. The molecule has 1 saturated heterocycles. The predicted octanol–water partition coefficient (Wildman–Crippen LogP) is 2.84. The van der Waals surface area contributed by atoms with Gasteiger partial charge in [0.2, 0.25) is 0 Å². The van der Waals surface area contributed by atoms with Gasteiger partial charge in [0.1, 0.15) is 11.4 Å². The van der Waals surface area contributed by atoms with E-state index in [9.17, 15) is 4.79 Å². The van der Waals surface area contributed by atoms with Crippen LogP contribution in [0.1, 0.15) is 28.5 Å². The number of hydrogen-bond donors (Lipinski definition) is 3. The Bertz CT molecular complexity index is 1370. The van der Waals surface area contributed by atoms with Gasteiger partial charge in [0.15, 0.2) is 5.82 Å². The number of amides is 1. The zero-order valence-corrected chi connectivity index (χ0v) is 21.7. The van der Waals surface area contributed by atoms with Gasteiger partial charge in [-0.25, -0.2) is 4.98 Å². The number of H-pyrrole nitrogens is 2. The molecule has 4 heterocycles. The molecule has 1 amide bonds. The number of piperazine rings is 1. The zero-order chi connectivity index (χ0) is 25.8. The first kappa shape index (κ1) is 25.1. The van der Waals surface area contributed by atoms with Crippen LogP contribution in [0.2, 0.25) is 0 Å². The normalized spacial score (nSPS) is 14.5. The molecule has 1 fully saturated rings. The number of carbonyl (C=O) groups excluding carboxylic acids is 1. The van der Waals surface area contributed by atoms with Crippen LogP contribution in [0, 0.1) is 6.92 Å². The second kappa shape index (κ2) is 11.2. The smallest absolute Gasteiger partial charge is 0.272 e. The second-order valence-electron chi connectivity index (χ2n) is 9.36. The highest BCUT2D eigenvalue weighted by Gasteiger charge is 2.24. The van der Waals surface area contributed by atoms with Crippen LogP contribution in [0.4, 0.5) is 0 Å². The first-order valence-corrected chi connectivity index (χ1v) is 12.8. The minimum Gasteiger partial charge on any atom is -0.383 e. The predicted molar refractivity (Wildman–Crippen MR) is 143 cm³/mol. The fraction of sp³-hybridized carbons (Fsp3) is 0.407. The van der Waals surface area contributed by atoms with E-state index in [4.69, 9.17) is 4.74 Å². The summed E-state index contributed by atoms with van der Waals surface area (Å²) in [6.45, 7) is 10.6. The number of ether oxygens (including phenoxy) is 1. The molecule has 3 N–H and O–H groups in total. The average molecular weight is 503 g/mol. The second-order valence-corrected chi connectivity index (χ2v) is 9.36. The summed E-state index contributed by atoms with van der Waals surface area (Å²) in [6.07, 6.45) is 5.44. The Hall–Kier alpha value is -3.60. The molecule has 0 aliphatic carbocycles. The number of nitrogens with zero attached hydrogens (tertiary/aromatic N) is 5. The van der Waals surface area contributed by atoms with Crippen LogP contribution in [0.3, 0.4) is 0 Å². The van der Waals surface area contributed by atoms with Crippen molar-refractivity contribution in [1.29, 1.82) is 0 Å². The van der Waals surface area contributed by atoms with E-state index in [0.29, 0.717) is 36.9 Å². The van der Waals surface area contributed by atoms with E-state index >= 15 is 0 Å². The summed E-state index contributed by atoms with van der Waals surface area (Å²) in [5.74, 6) is 0.533. The Morgan fingerprint density at radius 1 is 1.16 bits per heavy atom. The molecule has 0 unspecified atom stereocenters. The lowest BCUT2D eigenvalue weighted by molar-refractivity contribution is 0.0589. The number of methoxy groups -OCH3 is 1. The quantitative estimate of drug-likeness (QED) is 0.322. The van der Waals surface area contributed by atoms with Crippen molar-refractivity contribution in [2.75, 3.05) is 53.0 Å². The summed E-state index contributed by atoms with van der Waals surface area (Å²) in [5.41, 5.74) is 6.61. The van der Waals surface area contributed by atoms with Gasteiger partial charge in [0.25, 0.3) is 5.91 Å². The van der Waals surface area contributed by atoms with Gasteiger partial charge >= 0.3 is 0 Å².